The highest BCUT2D eigenvalue weighted by molar-refractivity contribution is 7.14. The average Bonchev–Trinajstić information content (AvgIpc) is 3.11. The van der Waals surface area contributed by atoms with E-state index in [4.69, 9.17) is 10.00 Å². The van der Waals surface area contributed by atoms with E-state index in [0.29, 0.717) is 22.1 Å². The highest BCUT2D eigenvalue weighted by Gasteiger charge is 2.22. The van der Waals surface area contributed by atoms with Crippen LogP contribution in [-0.4, -0.2) is 10.9 Å². The van der Waals surface area contributed by atoms with Crippen LogP contribution >= 0.6 is 11.3 Å². The Balaban J connectivity index is 1.87. The standard InChI is InChI=1S/C22H21N3O2S/c1-14-9-15(2)21(16(3)10-14)25(17(4)26)22-24-19(13-28-22)12-27-20-8-6-5-7-18(20)11-23/h5-10,13H,12H2,1-4H3. The van der Waals surface area contributed by atoms with Crippen molar-refractivity contribution in [2.45, 2.75) is 34.3 Å². The van der Waals surface area contributed by atoms with Crippen LogP contribution in [0.15, 0.2) is 41.8 Å². The predicted molar refractivity (Wildman–Crippen MR) is 111 cm³/mol. The van der Waals surface area contributed by atoms with Crippen LogP contribution in [0.25, 0.3) is 0 Å². The molecule has 3 aromatic rings. The van der Waals surface area contributed by atoms with Crippen LogP contribution in [0.5, 0.6) is 5.75 Å². The number of hydrogen-bond acceptors (Lipinski definition) is 5. The van der Waals surface area contributed by atoms with Crippen LogP contribution in [0.1, 0.15) is 34.9 Å². The van der Waals surface area contributed by atoms with Crippen molar-refractivity contribution in [3.63, 3.8) is 0 Å². The van der Waals surface area contributed by atoms with Gasteiger partial charge in [0.05, 0.1) is 16.9 Å². The Morgan fingerprint density at radius 1 is 1.21 bits per heavy atom. The van der Waals surface area contributed by atoms with Crippen LogP contribution < -0.4 is 9.64 Å². The van der Waals surface area contributed by atoms with Crippen LogP contribution in [0.3, 0.4) is 0 Å². The summed E-state index contributed by atoms with van der Waals surface area (Å²) in [6.45, 7) is 7.82. The zero-order valence-corrected chi connectivity index (χ0v) is 17.1. The molecule has 1 heterocycles. The van der Waals surface area contributed by atoms with Gasteiger partial charge in [-0.15, -0.1) is 11.3 Å². The zero-order chi connectivity index (χ0) is 20.3. The number of rotatable bonds is 5. The second kappa shape index (κ2) is 8.24. The Morgan fingerprint density at radius 2 is 1.89 bits per heavy atom. The Morgan fingerprint density at radius 3 is 2.54 bits per heavy atom. The zero-order valence-electron chi connectivity index (χ0n) is 16.3. The van der Waals surface area contributed by atoms with Crippen LogP contribution in [0.4, 0.5) is 10.8 Å². The first-order chi connectivity index (χ1) is 13.4. The monoisotopic (exact) mass is 391 g/mol. The summed E-state index contributed by atoms with van der Waals surface area (Å²) in [5.41, 5.74) is 5.28. The van der Waals surface area contributed by atoms with Gasteiger partial charge in [0.15, 0.2) is 5.13 Å². The maximum atomic E-state index is 12.4. The van der Waals surface area contributed by atoms with Gasteiger partial charge >= 0.3 is 0 Å². The molecule has 6 heteroatoms. The molecule has 142 valence electrons. The first-order valence-electron chi connectivity index (χ1n) is 8.85. The van der Waals surface area contributed by atoms with E-state index in [9.17, 15) is 4.79 Å². The van der Waals surface area contributed by atoms with Crippen molar-refractivity contribution in [3.8, 4) is 11.8 Å². The molecule has 0 radical (unpaired) electrons. The molecule has 0 aliphatic carbocycles. The summed E-state index contributed by atoms with van der Waals surface area (Å²) in [7, 11) is 0. The predicted octanol–water partition coefficient (Wildman–Crippen LogP) is 5.20. The molecule has 0 atom stereocenters. The molecule has 0 aliphatic rings. The Hall–Kier alpha value is -3.17. The van der Waals surface area contributed by atoms with Gasteiger partial charge in [0.25, 0.3) is 0 Å². The summed E-state index contributed by atoms with van der Waals surface area (Å²) < 4.78 is 5.75. The van der Waals surface area contributed by atoms with Gasteiger partial charge in [0.2, 0.25) is 5.91 Å². The number of amides is 1. The molecule has 1 amide bonds. The summed E-state index contributed by atoms with van der Waals surface area (Å²) in [5, 5.41) is 11.6. The SMILES string of the molecule is CC(=O)N(c1nc(COc2ccccc2C#N)cs1)c1c(C)cc(C)cc1C. The lowest BCUT2D eigenvalue weighted by Gasteiger charge is -2.23. The summed E-state index contributed by atoms with van der Waals surface area (Å²) in [4.78, 5) is 18.7. The van der Waals surface area contributed by atoms with Gasteiger partial charge in [0, 0.05) is 12.3 Å². The lowest BCUT2D eigenvalue weighted by molar-refractivity contribution is -0.115. The molecule has 0 spiro atoms. The van der Waals surface area contributed by atoms with E-state index >= 15 is 0 Å². The number of carbonyl (C=O) groups excluding carboxylic acids is 1. The van der Waals surface area contributed by atoms with Gasteiger partial charge in [-0.25, -0.2) is 4.98 Å². The van der Waals surface area contributed by atoms with E-state index in [1.807, 2.05) is 32.2 Å². The van der Waals surface area contributed by atoms with Gasteiger partial charge in [-0.1, -0.05) is 29.8 Å². The fourth-order valence-corrected chi connectivity index (χ4v) is 4.07. The Labute approximate surface area is 168 Å². The molecule has 0 aliphatic heterocycles. The molecule has 0 saturated carbocycles. The van der Waals surface area contributed by atoms with E-state index < -0.39 is 0 Å². The fraction of sp³-hybridized carbons (Fsp3) is 0.227. The molecule has 28 heavy (non-hydrogen) atoms. The summed E-state index contributed by atoms with van der Waals surface area (Å²) in [6, 6.07) is 13.3. The minimum Gasteiger partial charge on any atom is -0.486 e. The number of anilines is 2. The van der Waals surface area contributed by atoms with Gasteiger partial charge in [0.1, 0.15) is 18.4 Å². The number of aryl methyl sites for hydroxylation is 3. The first-order valence-corrected chi connectivity index (χ1v) is 9.73. The topological polar surface area (TPSA) is 66.2 Å². The van der Waals surface area contributed by atoms with Gasteiger partial charge < -0.3 is 4.74 Å². The number of ether oxygens (including phenoxy) is 1. The number of thiazole rings is 1. The minimum atomic E-state index is -0.0910. The Kier molecular flexibility index (Phi) is 5.76. The smallest absolute Gasteiger partial charge is 0.230 e. The molecule has 0 unspecified atom stereocenters. The molecule has 0 bridgehead atoms. The third-order valence-electron chi connectivity index (χ3n) is 4.29. The third-order valence-corrected chi connectivity index (χ3v) is 5.16. The van der Waals surface area contributed by atoms with Crippen molar-refractivity contribution in [2.75, 3.05) is 4.90 Å². The Bertz CT molecular complexity index is 1040. The van der Waals surface area contributed by atoms with E-state index in [-0.39, 0.29) is 12.5 Å². The van der Waals surface area contributed by atoms with Gasteiger partial charge in [-0.2, -0.15) is 5.26 Å². The average molecular weight is 391 g/mol. The van der Waals surface area contributed by atoms with Crippen molar-refractivity contribution >= 4 is 28.1 Å². The number of para-hydroxylation sites is 1. The van der Waals surface area contributed by atoms with Crippen LogP contribution in [-0.2, 0) is 11.4 Å². The van der Waals surface area contributed by atoms with E-state index in [1.165, 1.54) is 11.3 Å². The van der Waals surface area contributed by atoms with E-state index in [2.05, 4.69) is 23.2 Å². The highest BCUT2D eigenvalue weighted by atomic mass is 32.1. The van der Waals surface area contributed by atoms with Crippen molar-refractivity contribution < 1.29 is 9.53 Å². The lowest BCUT2D eigenvalue weighted by atomic mass is 10.0. The molecule has 1 aromatic heterocycles. The quantitative estimate of drug-likeness (QED) is 0.599. The summed E-state index contributed by atoms with van der Waals surface area (Å²) in [5.74, 6) is 0.430. The van der Waals surface area contributed by atoms with E-state index in [1.54, 1.807) is 30.0 Å². The number of nitrogens with zero attached hydrogens (tertiary/aromatic N) is 3. The molecular weight excluding hydrogens is 370 g/mol. The van der Waals surface area contributed by atoms with Crippen LogP contribution in [0.2, 0.25) is 0 Å². The normalized spacial score (nSPS) is 10.4. The summed E-state index contributed by atoms with van der Waals surface area (Å²) in [6.07, 6.45) is 0. The largest absolute Gasteiger partial charge is 0.486 e. The van der Waals surface area contributed by atoms with Crippen LogP contribution in [0, 0.1) is 32.1 Å². The lowest BCUT2D eigenvalue weighted by Crippen LogP contribution is -2.24. The number of benzene rings is 2. The molecule has 5 nitrogen and oxygen atoms in total. The molecule has 0 N–H and O–H groups in total. The second-order valence-electron chi connectivity index (χ2n) is 6.62. The molecular formula is C22H21N3O2S. The van der Waals surface area contributed by atoms with Gasteiger partial charge in [-0.05, 0) is 44.0 Å². The number of nitriles is 1. The first kappa shape index (κ1) is 19.6. The number of carbonyl (C=O) groups is 1. The van der Waals surface area contributed by atoms with Crippen molar-refractivity contribution in [1.29, 1.82) is 5.26 Å². The fourth-order valence-electron chi connectivity index (χ4n) is 3.21. The maximum absolute atomic E-state index is 12.4. The van der Waals surface area contributed by atoms with Crippen molar-refractivity contribution in [2.24, 2.45) is 0 Å². The molecule has 0 saturated heterocycles. The number of aromatic nitrogens is 1. The molecule has 0 fully saturated rings. The van der Waals surface area contributed by atoms with Crippen molar-refractivity contribution in [3.05, 3.63) is 69.7 Å². The van der Waals surface area contributed by atoms with E-state index in [0.717, 1.165) is 22.4 Å². The number of hydrogen-bond donors (Lipinski definition) is 0. The van der Waals surface area contributed by atoms with Gasteiger partial charge in [-0.3, -0.25) is 9.69 Å². The molecule has 2 aromatic carbocycles. The van der Waals surface area contributed by atoms with Crippen molar-refractivity contribution in [1.82, 2.24) is 4.98 Å². The molecule has 3 rings (SSSR count). The third kappa shape index (κ3) is 4.05. The summed E-state index contributed by atoms with van der Waals surface area (Å²) >= 11 is 1.40. The maximum Gasteiger partial charge on any atom is 0.230 e. The highest BCUT2D eigenvalue weighted by Crippen LogP contribution is 2.34. The minimum absolute atomic E-state index is 0.0910. The second-order valence-corrected chi connectivity index (χ2v) is 7.46.